The van der Waals surface area contributed by atoms with Crippen molar-refractivity contribution in [3.8, 4) is 11.1 Å². The highest BCUT2D eigenvalue weighted by Crippen LogP contribution is 2.59. The Morgan fingerprint density at radius 1 is 1.08 bits per heavy atom. The zero-order chi connectivity index (χ0) is 35.6. The number of hydrogen-bond acceptors (Lipinski definition) is 8. The van der Waals surface area contributed by atoms with Crippen LogP contribution in [0.4, 0.5) is 10.5 Å². The van der Waals surface area contributed by atoms with Crippen molar-refractivity contribution in [3.05, 3.63) is 45.9 Å². The Labute approximate surface area is 307 Å². The van der Waals surface area contributed by atoms with Gasteiger partial charge in [-0.2, -0.15) is 0 Å². The predicted octanol–water partition coefficient (Wildman–Crippen LogP) is 9.98. The van der Waals surface area contributed by atoms with Gasteiger partial charge in [-0.1, -0.05) is 32.4 Å². The number of hydrogen-bond donors (Lipinski definition) is 0. The third kappa shape index (κ3) is 7.48. The van der Waals surface area contributed by atoms with Gasteiger partial charge in [0, 0.05) is 58.6 Å². The van der Waals surface area contributed by atoms with Gasteiger partial charge in [0.1, 0.15) is 5.60 Å². The number of thiophene rings is 1. The molecular formula is C39H54ClN3O5SSi. The second-order valence-electron chi connectivity index (χ2n) is 17.3. The molecule has 1 saturated carbocycles. The largest absolute Gasteiger partial charge is 0.444 e. The van der Waals surface area contributed by atoms with Gasteiger partial charge in [-0.3, -0.25) is 4.98 Å². The normalized spacial score (nSPS) is 25.5. The lowest BCUT2D eigenvalue weighted by atomic mass is 9.92. The lowest BCUT2D eigenvalue weighted by Gasteiger charge is -2.38. The van der Waals surface area contributed by atoms with Crippen molar-refractivity contribution in [1.29, 1.82) is 0 Å². The molecule has 2 aromatic heterocycles. The number of amides is 1. The number of benzene rings is 1. The summed E-state index contributed by atoms with van der Waals surface area (Å²) in [4.78, 5) is 24.2. The first-order valence-corrected chi connectivity index (χ1v) is 22.5. The Morgan fingerprint density at radius 2 is 1.88 bits per heavy atom. The molecule has 0 radical (unpaired) electrons. The fourth-order valence-corrected chi connectivity index (χ4v) is 9.89. The number of carbonyl (C=O) groups is 1. The maximum atomic E-state index is 13.7. The molecule has 5 atom stereocenters. The van der Waals surface area contributed by atoms with E-state index in [1.54, 1.807) is 11.3 Å². The van der Waals surface area contributed by atoms with Crippen LogP contribution < -0.4 is 4.90 Å². The van der Waals surface area contributed by atoms with Crippen LogP contribution in [0.25, 0.3) is 21.3 Å². The summed E-state index contributed by atoms with van der Waals surface area (Å²) in [5.74, 6) is 1.10. The maximum absolute atomic E-state index is 13.7. The highest BCUT2D eigenvalue weighted by atomic mass is 35.5. The molecule has 4 aliphatic rings. The Kier molecular flexibility index (Phi) is 9.87. The van der Waals surface area contributed by atoms with E-state index in [4.69, 9.17) is 35.2 Å². The number of anilines is 1. The quantitative estimate of drug-likeness (QED) is 0.213. The first-order chi connectivity index (χ1) is 23.6. The van der Waals surface area contributed by atoms with Crippen LogP contribution in [0.3, 0.4) is 0 Å². The maximum Gasteiger partial charge on any atom is 0.410 e. The Bertz CT molecular complexity index is 1730. The third-order valence-electron chi connectivity index (χ3n) is 11.4. The molecule has 3 fully saturated rings. The van der Waals surface area contributed by atoms with Crippen LogP contribution in [0.5, 0.6) is 0 Å². The molecular weight excluding hydrogens is 686 g/mol. The predicted molar refractivity (Wildman–Crippen MR) is 205 cm³/mol. The van der Waals surface area contributed by atoms with Gasteiger partial charge >= 0.3 is 6.09 Å². The zero-order valence-corrected chi connectivity index (χ0v) is 33.6. The summed E-state index contributed by atoms with van der Waals surface area (Å²) in [6.07, 6.45) is 6.45. The summed E-state index contributed by atoms with van der Waals surface area (Å²) in [5, 5.41) is 0.903. The van der Waals surface area contributed by atoms with E-state index in [2.05, 4.69) is 63.0 Å². The van der Waals surface area contributed by atoms with Gasteiger partial charge in [0.15, 0.2) is 14.6 Å². The molecule has 8 nitrogen and oxygen atoms in total. The van der Waals surface area contributed by atoms with E-state index < -0.39 is 13.9 Å². The molecule has 1 aliphatic carbocycles. The summed E-state index contributed by atoms with van der Waals surface area (Å²) in [6.45, 7) is 20.5. The van der Waals surface area contributed by atoms with E-state index in [0.717, 1.165) is 71.6 Å². The van der Waals surface area contributed by atoms with Gasteiger partial charge in [-0.25, -0.2) is 4.79 Å². The number of rotatable bonds is 8. The average Bonchev–Trinajstić information content (AvgIpc) is 3.51. The lowest BCUT2D eigenvalue weighted by Crippen LogP contribution is -2.44. The van der Waals surface area contributed by atoms with Crippen molar-refractivity contribution in [2.24, 2.45) is 5.92 Å². The van der Waals surface area contributed by atoms with Crippen molar-refractivity contribution in [3.63, 3.8) is 0 Å². The number of ether oxygens (including phenoxy) is 3. The minimum absolute atomic E-state index is 0.107. The van der Waals surface area contributed by atoms with Crippen molar-refractivity contribution < 1.29 is 23.4 Å². The van der Waals surface area contributed by atoms with Crippen LogP contribution in [-0.2, 0) is 25.2 Å². The molecule has 50 heavy (non-hydrogen) atoms. The van der Waals surface area contributed by atoms with E-state index in [9.17, 15) is 4.79 Å². The van der Waals surface area contributed by atoms with Crippen molar-refractivity contribution in [2.45, 2.75) is 128 Å². The molecule has 11 heteroatoms. The van der Waals surface area contributed by atoms with Gasteiger partial charge in [0.05, 0.1) is 29.5 Å². The minimum Gasteiger partial charge on any atom is -0.444 e. The molecule has 3 aliphatic heterocycles. The topological polar surface area (TPSA) is 73.4 Å². The van der Waals surface area contributed by atoms with Crippen molar-refractivity contribution >= 4 is 53.3 Å². The van der Waals surface area contributed by atoms with E-state index in [0.29, 0.717) is 31.6 Å². The van der Waals surface area contributed by atoms with Gasteiger partial charge in [-0.05, 0) is 113 Å². The van der Waals surface area contributed by atoms with Crippen molar-refractivity contribution in [2.75, 3.05) is 31.2 Å². The van der Waals surface area contributed by atoms with Gasteiger partial charge in [0.2, 0.25) is 0 Å². The molecule has 272 valence electrons. The van der Waals surface area contributed by atoms with Gasteiger partial charge < -0.3 is 28.4 Å². The van der Waals surface area contributed by atoms with Crippen LogP contribution in [-0.4, -0.2) is 74.6 Å². The number of carbonyl (C=O) groups excluding carboxylic acids is 1. The molecule has 0 N–H and O–H groups in total. The molecule has 0 spiro atoms. The van der Waals surface area contributed by atoms with E-state index in [1.807, 2.05) is 31.9 Å². The Balaban J connectivity index is 1.22. The lowest BCUT2D eigenvalue weighted by molar-refractivity contribution is -0.168. The fourth-order valence-electron chi connectivity index (χ4n) is 7.55. The second kappa shape index (κ2) is 13.6. The minimum atomic E-state index is -1.91. The highest BCUT2D eigenvalue weighted by Gasteiger charge is 2.50. The number of pyridine rings is 1. The summed E-state index contributed by atoms with van der Waals surface area (Å²) < 4.78 is 25.9. The average molecular weight is 740 g/mol. The molecule has 1 amide bonds. The van der Waals surface area contributed by atoms with Crippen LogP contribution >= 0.6 is 22.9 Å². The molecule has 3 aromatic rings. The van der Waals surface area contributed by atoms with E-state index >= 15 is 0 Å². The standard InChI is InChI=1S/C39H54ClN3O5SSi/c1-38(2,3)48-37(44)43-21-26(18-27(43)22-46-34-11-9-10-14-45-34)42-20-24-15-30(24)32-17-25(40)16-31(35(32)42)29-12-13-41-33-19-28(49-36(29)33)23-47-50(7,8)39(4,5)6/h12-13,16-17,19,24,26-27,30,34H,9-11,14-15,18,20-23H2,1-8H3/t24-,26+,27+,30+,34+/m0/s1. The Morgan fingerprint density at radius 3 is 2.60 bits per heavy atom. The number of aromatic nitrogens is 1. The molecule has 5 heterocycles. The molecule has 1 aromatic carbocycles. The van der Waals surface area contributed by atoms with Crippen LogP contribution in [0.2, 0.25) is 23.2 Å². The first-order valence-electron chi connectivity index (χ1n) is 18.4. The number of nitrogens with zero attached hydrogens (tertiary/aromatic N) is 3. The molecule has 0 bridgehead atoms. The van der Waals surface area contributed by atoms with Crippen molar-refractivity contribution in [1.82, 2.24) is 9.88 Å². The molecule has 2 saturated heterocycles. The fraction of sp³-hybridized carbons (Fsp3) is 0.641. The van der Waals surface area contributed by atoms with Gasteiger partial charge in [-0.15, -0.1) is 11.3 Å². The monoisotopic (exact) mass is 739 g/mol. The van der Waals surface area contributed by atoms with E-state index in [1.165, 1.54) is 16.1 Å². The van der Waals surface area contributed by atoms with Gasteiger partial charge in [0.25, 0.3) is 0 Å². The summed E-state index contributed by atoms with van der Waals surface area (Å²) >= 11 is 8.72. The Hall–Kier alpha value is -2.21. The molecule has 0 unspecified atom stereocenters. The summed E-state index contributed by atoms with van der Waals surface area (Å²) in [7, 11) is -1.91. The number of halogens is 1. The van der Waals surface area contributed by atoms with Crippen LogP contribution in [0.15, 0.2) is 30.5 Å². The number of fused-ring (bicyclic) bond motifs is 4. The third-order valence-corrected chi connectivity index (χ3v) is 17.2. The van der Waals surface area contributed by atoms with Crippen LogP contribution in [0, 0.1) is 5.92 Å². The number of likely N-dealkylation sites (tertiary alicyclic amines) is 1. The summed E-state index contributed by atoms with van der Waals surface area (Å²) in [5.41, 5.74) is 5.27. The first kappa shape index (κ1) is 36.2. The second-order valence-corrected chi connectivity index (χ2v) is 23.7. The smallest absolute Gasteiger partial charge is 0.410 e. The summed E-state index contributed by atoms with van der Waals surface area (Å²) in [6, 6.07) is 8.66. The zero-order valence-electron chi connectivity index (χ0n) is 31.0. The van der Waals surface area contributed by atoms with E-state index in [-0.39, 0.29) is 29.5 Å². The highest BCUT2D eigenvalue weighted by molar-refractivity contribution is 7.19. The molecule has 7 rings (SSSR count). The van der Waals surface area contributed by atoms with Crippen LogP contribution in [0.1, 0.15) is 90.0 Å². The SMILES string of the molecule is CC(C)(C)OC(=O)N1C[C@H](N2C[C@@H]3C[C@H]3c3cc(Cl)cc(-c4ccnc5cc(CO[Si](C)(C)C(C)(C)C)sc45)c32)C[C@@H]1CO[C@@H]1CCCCO1.